The van der Waals surface area contributed by atoms with E-state index in [0.29, 0.717) is 5.33 Å². The van der Waals surface area contributed by atoms with Crippen LogP contribution in [0.1, 0.15) is 11.3 Å². The van der Waals surface area contributed by atoms with Crippen LogP contribution in [0, 0.1) is 0 Å². The SMILES string of the molecule is COc1cc(CBr)c2nc(CBr)cnc2c1. The fraction of sp³-hybridized carbons (Fsp3) is 0.273. The van der Waals surface area contributed by atoms with Crippen molar-refractivity contribution in [2.45, 2.75) is 10.7 Å². The highest BCUT2D eigenvalue weighted by atomic mass is 79.9. The van der Waals surface area contributed by atoms with E-state index in [2.05, 4.69) is 41.8 Å². The Bertz CT molecular complexity index is 517. The first-order valence-corrected chi connectivity index (χ1v) is 6.97. The molecule has 0 radical (unpaired) electrons. The molecule has 0 unspecified atom stereocenters. The van der Waals surface area contributed by atoms with Crippen molar-refractivity contribution in [1.29, 1.82) is 0 Å². The molecule has 1 aromatic heterocycles. The molecule has 0 aliphatic rings. The van der Waals surface area contributed by atoms with Crippen LogP contribution in [0.5, 0.6) is 5.75 Å². The monoisotopic (exact) mass is 344 g/mol. The molecule has 2 aromatic rings. The molecule has 16 heavy (non-hydrogen) atoms. The second-order valence-electron chi connectivity index (χ2n) is 3.28. The molecule has 0 saturated heterocycles. The number of ether oxygens (including phenoxy) is 1. The molecule has 0 aliphatic heterocycles. The van der Waals surface area contributed by atoms with E-state index in [0.717, 1.165) is 33.4 Å². The largest absolute Gasteiger partial charge is 0.497 e. The Morgan fingerprint density at radius 1 is 1.25 bits per heavy atom. The maximum Gasteiger partial charge on any atom is 0.121 e. The van der Waals surface area contributed by atoms with Crippen molar-refractivity contribution in [3.05, 3.63) is 29.6 Å². The minimum absolute atomic E-state index is 0.712. The number of hydrogen-bond acceptors (Lipinski definition) is 3. The van der Waals surface area contributed by atoms with Crippen molar-refractivity contribution in [2.24, 2.45) is 0 Å². The molecule has 3 nitrogen and oxygen atoms in total. The zero-order valence-corrected chi connectivity index (χ0v) is 11.9. The van der Waals surface area contributed by atoms with Gasteiger partial charge in [0.05, 0.1) is 23.8 Å². The zero-order chi connectivity index (χ0) is 11.5. The highest BCUT2D eigenvalue weighted by molar-refractivity contribution is 9.08. The lowest BCUT2D eigenvalue weighted by molar-refractivity contribution is 0.415. The van der Waals surface area contributed by atoms with E-state index in [1.807, 2.05) is 12.1 Å². The summed E-state index contributed by atoms with van der Waals surface area (Å²) in [5, 5.41) is 1.45. The van der Waals surface area contributed by atoms with E-state index < -0.39 is 0 Å². The standard InChI is InChI=1S/C11H10Br2N2O/c1-16-9-2-7(4-12)11-10(3-9)14-6-8(5-13)15-11/h2-3,6H,4-5H2,1H3. The highest BCUT2D eigenvalue weighted by Gasteiger charge is 2.07. The van der Waals surface area contributed by atoms with E-state index in [9.17, 15) is 0 Å². The average molecular weight is 346 g/mol. The molecule has 0 aliphatic carbocycles. The van der Waals surface area contributed by atoms with Crippen LogP contribution in [-0.2, 0) is 10.7 Å². The molecule has 2 rings (SSSR count). The molecular weight excluding hydrogens is 336 g/mol. The van der Waals surface area contributed by atoms with Gasteiger partial charge in [-0.05, 0) is 11.6 Å². The quantitative estimate of drug-likeness (QED) is 0.799. The Balaban J connectivity index is 2.69. The van der Waals surface area contributed by atoms with Gasteiger partial charge in [-0.1, -0.05) is 31.9 Å². The molecule has 0 fully saturated rings. The smallest absolute Gasteiger partial charge is 0.121 e. The van der Waals surface area contributed by atoms with Gasteiger partial charge in [-0.2, -0.15) is 0 Å². The Kier molecular flexibility index (Phi) is 3.76. The van der Waals surface area contributed by atoms with Crippen molar-refractivity contribution in [3.8, 4) is 5.75 Å². The van der Waals surface area contributed by atoms with Gasteiger partial charge in [-0.3, -0.25) is 4.98 Å². The second kappa shape index (κ2) is 5.10. The number of alkyl halides is 2. The predicted octanol–water partition coefficient (Wildman–Crippen LogP) is 3.43. The van der Waals surface area contributed by atoms with Gasteiger partial charge in [0.25, 0.3) is 0 Å². The van der Waals surface area contributed by atoms with Crippen molar-refractivity contribution >= 4 is 42.9 Å². The van der Waals surface area contributed by atoms with Crippen LogP contribution in [0.25, 0.3) is 11.0 Å². The lowest BCUT2D eigenvalue weighted by Crippen LogP contribution is -1.95. The third kappa shape index (κ3) is 2.20. The van der Waals surface area contributed by atoms with Crippen LogP contribution in [0.3, 0.4) is 0 Å². The topological polar surface area (TPSA) is 35.0 Å². The molecule has 1 heterocycles. The molecule has 0 bridgehead atoms. The normalized spacial score (nSPS) is 10.7. The first-order chi connectivity index (χ1) is 7.78. The van der Waals surface area contributed by atoms with Crippen molar-refractivity contribution in [2.75, 3.05) is 7.11 Å². The summed E-state index contributed by atoms with van der Waals surface area (Å²) in [4.78, 5) is 8.92. The van der Waals surface area contributed by atoms with Gasteiger partial charge in [0.1, 0.15) is 5.75 Å². The van der Waals surface area contributed by atoms with E-state index in [4.69, 9.17) is 4.74 Å². The van der Waals surface area contributed by atoms with E-state index in [1.165, 1.54) is 0 Å². The van der Waals surface area contributed by atoms with Gasteiger partial charge >= 0.3 is 0 Å². The fourth-order valence-corrected chi connectivity index (χ4v) is 2.18. The van der Waals surface area contributed by atoms with Gasteiger partial charge in [0.2, 0.25) is 0 Å². The molecule has 0 N–H and O–H groups in total. The van der Waals surface area contributed by atoms with Crippen molar-refractivity contribution < 1.29 is 4.74 Å². The molecule has 0 atom stereocenters. The number of nitrogens with zero attached hydrogens (tertiary/aromatic N) is 2. The molecule has 0 saturated carbocycles. The molecule has 84 valence electrons. The van der Waals surface area contributed by atoms with Crippen LogP contribution in [0.15, 0.2) is 18.3 Å². The number of fused-ring (bicyclic) bond motifs is 1. The Morgan fingerprint density at radius 2 is 2.06 bits per heavy atom. The highest BCUT2D eigenvalue weighted by Crippen LogP contribution is 2.24. The summed E-state index contributed by atoms with van der Waals surface area (Å²) in [6.07, 6.45) is 1.77. The Hall–Kier alpha value is -0.680. The lowest BCUT2D eigenvalue weighted by atomic mass is 10.2. The minimum Gasteiger partial charge on any atom is -0.497 e. The number of benzene rings is 1. The molecule has 0 spiro atoms. The van der Waals surface area contributed by atoms with Gasteiger partial charge in [-0.25, -0.2) is 4.98 Å². The summed E-state index contributed by atoms with van der Waals surface area (Å²) >= 11 is 6.83. The number of halogens is 2. The summed E-state index contributed by atoms with van der Waals surface area (Å²) in [6, 6.07) is 3.87. The average Bonchev–Trinajstić information content (AvgIpc) is 2.36. The third-order valence-corrected chi connectivity index (χ3v) is 3.45. The first kappa shape index (κ1) is 11.8. The number of rotatable bonds is 3. The van der Waals surface area contributed by atoms with E-state index >= 15 is 0 Å². The van der Waals surface area contributed by atoms with Crippen LogP contribution < -0.4 is 4.74 Å². The second-order valence-corrected chi connectivity index (χ2v) is 4.40. The summed E-state index contributed by atoms with van der Waals surface area (Å²) < 4.78 is 5.22. The van der Waals surface area contributed by atoms with Crippen LogP contribution in [0.2, 0.25) is 0 Å². The number of methoxy groups -OCH3 is 1. The van der Waals surface area contributed by atoms with Crippen LogP contribution in [0.4, 0.5) is 0 Å². The molecule has 0 amide bonds. The maximum absolute atomic E-state index is 5.22. The van der Waals surface area contributed by atoms with Crippen LogP contribution >= 0.6 is 31.9 Å². The van der Waals surface area contributed by atoms with Gasteiger partial charge < -0.3 is 4.74 Å². The van der Waals surface area contributed by atoms with E-state index in [1.54, 1.807) is 13.3 Å². The Labute approximate surface area is 110 Å². The maximum atomic E-state index is 5.22. The molecule has 1 aromatic carbocycles. The number of hydrogen-bond donors (Lipinski definition) is 0. The summed E-state index contributed by atoms with van der Waals surface area (Å²) in [5.41, 5.74) is 3.80. The first-order valence-electron chi connectivity index (χ1n) is 4.73. The summed E-state index contributed by atoms with van der Waals surface area (Å²) in [5.74, 6) is 0.808. The fourth-order valence-electron chi connectivity index (χ4n) is 1.48. The van der Waals surface area contributed by atoms with Crippen LogP contribution in [-0.4, -0.2) is 17.1 Å². The van der Waals surface area contributed by atoms with Gasteiger partial charge in [0, 0.05) is 22.9 Å². The molecular formula is C11H10Br2N2O. The third-order valence-electron chi connectivity index (χ3n) is 2.27. The predicted molar refractivity (Wildman–Crippen MR) is 71.4 cm³/mol. The molecule has 5 heteroatoms. The number of aromatic nitrogens is 2. The van der Waals surface area contributed by atoms with Crippen molar-refractivity contribution in [1.82, 2.24) is 9.97 Å². The summed E-state index contributed by atoms with van der Waals surface area (Å²) in [6.45, 7) is 0. The zero-order valence-electron chi connectivity index (χ0n) is 8.70. The van der Waals surface area contributed by atoms with Gasteiger partial charge in [0.15, 0.2) is 0 Å². The van der Waals surface area contributed by atoms with Gasteiger partial charge in [-0.15, -0.1) is 0 Å². The minimum atomic E-state index is 0.712. The van der Waals surface area contributed by atoms with E-state index in [-0.39, 0.29) is 0 Å². The lowest BCUT2D eigenvalue weighted by Gasteiger charge is -2.07. The van der Waals surface area contributed by atoms with Crippen molar-refractivity contribution in [3.63, 3.8) is 0 Å². The summed E-state index contributed by atoms with van der Waals surface area (Å²) in [7, 11) is 1.65. The Morgan fingerprint density at radius 3 is 2.69 bits per heavy atom.